The lowest BCUT2D eigenvalue weighted by Crippen LogP contribution is -2.36. The maximum absolute atomic E-state index is 14.3. The maximum Gasteiger partial charge on any atom is 0.217 e. The summed E-state index contributed by atoms with van der Waals surface area (Å²) in [4.78, 5) is 12.3. The Labute approximate surface area is 134 Å². The van der Waals surface area contributed by atoms with Gasteiger partial charge in [0.1, 0.15) is 11.7 Å². The van der Waals surface area contributed by atoms with E-state index in [4.69, 9.17) is 11.5 Å². The normalized spacial score (nSPS) is 18.0. The molecule has 1 aromatic rings. The van der Waals surface area contributed by atoms with Gasteiger partial charge in [-0.1, -0.05) is 0 Å². The summed E-state index contributed by atoms with van der Waals surface area (Å²) < 4.78 is 14.3. The molecule has 0 spiro atoms. The molecule has 0 radical (unpaired) electrons. The van der Waals surface area contributed by atoms with Gasteiger partial charge in [0.15, 0.2) is 0 Å². The fraction of sp³-hybridized carbons (Fsp3) is 0.267. The van der Waals surface area contributed by atoms with Crippen molar-refractivity contribution in [2.75, 3.05) is 7.05 Å². The largest absolute Gasteiger partial charge is 0.403 e. The summed E-state index contributed by atoms with van der Waals surface area (Å²) in [5, 5.41) is 5.84. The molecule has 0 fully saturated rings. The zero-order valence-electron chi connectivity index (χ0n) is 13.0. The van der Waals surface area contributed by atoms with E-state index in [1.165, 1.54) is 18.6 Å². The number of nitrogens with zero attached hydrogens (tertiary/aromatic N) is 3. The van der Waals surface area contributed by atoms with E-state index in [2.05, 4.69) is 25.6 Å². The van der Waals surface area contributed by atoms with Gasteiger partial charge in [0.2, 0.25) is 6.29 Å². The third-order valence-electron chi connectivity index (χ3n) is 3.31. The van der Waals surface area contributed by atoms with Crippen LogP contribution in [-0.4, -0.2) is 31.7 Å². The van der Waals surface area contributed by atoms with E-state index < -0.39 is 6.29 Å². The molecular weight excluding hydrogens is 297 g/mol. The maximum atomic E-state index is 14.3. The summed E-state index contributed by atoms with van der Waals surface area (Å²) in [6, 6.07) is 3.14. The van der Waals surface area contributed by atoms with Crippen molar-refractivity contribution in [3.63, 3.8) is 0 Å². The molecule has 2 rings (SSSR count). The van der Waals surface area contributed by atoms with Crippen LogP contribution >= 0.6 is 0 Å². The van der Waals surface area contributed by atoms with Crippen LogP contribution in [0.25, 0.3) is 0 Å². The van der Waals surface area contributed by atoms with Gasteiger partial charge in [-0.15, -0.1) is 0 Å². The lowest BCUT2D eigenvalue weighted by atomic mass is 10.0. The van der Waals surface area contributed by atoms with Crippen LogP contribution in [0.3, 0.4) is 0 Å². The number of aliphatic imine (C=N–C) groups is 3. The molecule has 1 unspecified atom stereocenters. The summed E-state index contributed by atoms with van der Waals surface area (Å²) in [6.45, 7) is 2.17. The molecule has 0 aliphatic carbocycles. The molecule has 0 bridgehead atoms. The van der Waals surface area contributed by atoms with E-state index in [-0.39, 0.29) is 12.4 Å². The van der Waals surface area contributed by atoms with Crippen molar-refractivity contribution in [1.82, 2.24) is 10.6 Å². The van der Waals surface area contributed by atoms with Gasteiger partial charge in [-0.3, -0.25) is 4.99 Å². The number of benzene rings is 1. The Morgan fingerprint density at radius 1 is 1.52 bits per heavy atom. The summed E-state index contributed by atoms with van der Waals surface area (Å²) in [5.41, 5.74) is 13.7. The van der Waals surface area contributed by atoms with Gasteiger partial charge in [0, 0.05) is 26.0 Å². The van der Waals surface area contributed by atoms with Gasteiger partial charge >= 0.3 is 0 Å². The third kappa shape index (κ3) is 3.92. The van der Waals surface area contributed by atoms with Crippen LogP contribution in [0.15, 0.2) is 39.0 Å². The van der Waals surface area contributed by atoms with E-state index in [1.54, 1.807) is 19.3 Å². The molecule has 8 heteroatoms. The van der Waals surface area contributed by atoms with Gasteiger partial charge in [-0.25, -0.2) is 14.4 Å². The topological polar surface area (TPSA) is 113 Å². The first-order valence-electron chi connectivity index (χ1n) is 7.05. The third-order valence-corrected chi connectivity index (χ3v) is 3.31. The fourth-order valence-electron chi connectivity index (χ4n) is 2.12. The molecule has 1 atom stereocenters. The van der Waals surface area contributed by atoms with Crippen molar-refractivity contribution >= 4 is 18.4 Å². The SMILES string of the molecule is CN=C/C(=C\N)NC1N=CNC(c2cc(C)c(CN)cc2F)=N1. The van der Waals surface area contributed by atoms with Crippen molar-refractivity contribution in [3.05, 3.63) is 46.5 Å². The highest BCUT2D eigenvalue weighted by molar-refractivity contribution is 6.05. The second-order valence-electron chi connectivity index (χ2n) is 4.89. The number of allylic oxidation sites excluding steroid dienone is 1. The van der Waals surface area contributed by atoms with Gasteiger partial charge in [-0.05, 0) is 30.2 Å². The Balaban J connectivity index is 2.28. The van der Waals surface area contributed by atoms with Gasteiger partial charge in [-0.2, -0.15) is 0 Å². The quantitative estimate of drug-likeness (QED) is 0.587. The molecule has 1 aromatic carbocycles. The standard InChI is InChI=1S/C15H20FN7/c1-9-3-12(13(16)4-10(9)5-17)14-20-8-21-15(23-14)22-11(6-18)7-19-2/h3-4,6-8,15,22H,5,17-18H2,1-2H3,(H,20,21,23)/b11-6+,19-7?. The minimum atomic E-state index is -0.618. The number of rotatable bonds is 5. The van der Waals surface area contributed by atoms with Crippen LogP contribution in [0, 0.1) is 12.7 Å². The van der Waals surface area contributed by atoms with Crippen molar-refractivity contribution < 1.29 is 4.39 Å². The Kier molecular flexibility index (Phi) is 5.42. The van der Waals surface area contributed by atoms with E-state index in [0.717, 1.165) is 11.1 Å². The molecule has 0 saturated heterocycles. The van der Waals surface area contributed by atoms with Gasteiger partial charge < -0.3 is 22.1 Å². The highest BCUT2D eigenvalue weighted by Crippen LogP contribution is 2.16. The predicted octanol–water partition coefficient (Wildman–Crippen LogP) is 0.345. The van der Waals surface area contributed by atoms with Crippen LogP contribution in [-0.2, 0) is 6.54 Å². The van der Waals surface area contributed by atoms with E-state index in [1.807, 2.05) is 6.92 Å². The molecule has 122 valence electrons. The van der Waals surface area contributed by atoms with E-state index >= 15 is 0 Å². The average Bonchev–Trinajstić information content (AvgIpc) is 2.56. The molecule has 6 N–H and O–H groups in total. The van der Waals surface area contributed by atoms with Crippen LogP contribution in [0.2, 0.25) is 0 Å². The number of aryl methyl sites for hydroxylation is 1. The first kappa shape index (κ1) is 16.6. The monoisotopic (exact) mass is 317 g/mol. The van der Waals surface area contributed by atoms with Crippen molar-refractivity contribution in [1.29, 1.82) is 0 Å². The number of nitrogens with one attached hydrogen (secondary N) is 2. The molecule has 1 aliphatic heterocycles. The zero-order chi connectivity index (χ0) is 16.8. The molecule has 0 saturated carbocycles. The molecule has 23 heavy (non-hydrogen) atoms. The number of amidine groups is 1. The summed E-state index contributed by atoms with van der Waals surface area (Å²) >= 11 is 0. The summed E-state index contributed by atoms with van der Waals surface area (Å²) in [6.07, 6.45) is 3.75. The van der Waals surface area contributed by atoms with Gasteiger partial charge in [0.25, 0.3) is 0 Å². The molecule has 0 aromatic heterocycles. The number of nitrogens with two attached hydrogens (primary N) is 2. The molecule has 7 nitrogen and oxygen atoms in total. The Morgan fingerprint density at radius 3 is 2.96 bits per heavy atom. The summed E-state index contributed by atoms with van der Waals surface area (Å²) in [5.74, 6) is -0.00691. The Morgan fingerprint density at radius 2 is 2.30 bits per heavy atom. The van der Waals surface area contributed by atoms with Crippen molar-refractivity contribution in [3.8, 4) is 0 Å². The molecule has 1 heterocycles. The smallest absolute Gasteiger partial charge is 0.217 e. The Hall–Kier alpha value is -2.74. The number of halogens is 1. The average molecular weight is 317 g/mol. The van der Waals surface area contributed by atoms with Crippen molar-refractivity contribution in [2.45, 2.75) is 19.8 Å². The second kappa shape index (κ2) is 7.50. The lowest BCUT2D eigenvalue weighted by Gasteiger charge is -2.19. The van der Waals surface area contributed by atoms with Crippen LogP contribution < -0.4 is 22.1 Å². The van der Waals surface area contributed by atoms with E-state index in [9.17, 15) is 4.39 Å². The zero-order valence-corrected chi connectivity index (χ0v) is 13.0. The number of hydrogen-bond donors (Lipinski definition) is 4. The summed E-state index contributed by atoms with van der Waals surface area (Å²) in [7, 11) is 1.63. The Bertz CT molecular complexity index is 691. The van der Waals surface area contributed by atoms with Crippen LogP contribution in [0.1, 0.15) is 16.7 Å². The second-order valence-corrected chi connectivity index (χ2v) is 4.89. The highest BCUT2D eigenvalue weighted by atomic mass is 19.1. The van der Waals surface area contributed by atoms with Crippen LogP contribution in [0.4, 0.5) is 4.39 Å². The first-order chi connectivity index (χ1) is 11.1. The van der Waals surface area contributed by atoms with Gasteiger partial charge in [0.05, 0.1) is 17.6 Å². The predicted molar refractivity (Wildman–Crippen MR) is 90.8 cm³/mol. The van der Waals surface area contributed by atoms with E-state index in [0.29, 0.717) is 17.1 Å². The van der Waals surface area contributed by atoms with Crippen molar-refractivity contribution in [2.24, 2.45) is 26.4 Å². The highest BCUT2D eigenvalue weighted by Gasteiger charge is 2.17. The molecule has 1 aliphatic rings. The first-order valence-corrected chi connectivity index (χ1v) is 7.05. The minimum absolute atomic E-state index is 0.287. The minimum Gasteiger partial charge on any atom is -0.403 e. The lowest BCUT2D eigenvalue weighted by molar-refractivity contribution is 0.611. The molecule has 0 amide bonds. The number of hydrogen-bond acceptors (Lipinski definition) is 7. The molecular formula is C15H20FN7. The van der Waals surface area contributed by atoms with Crippen LogP contribution in [0.5, 0.6) is 0 Å². The fourth-order valence-corrected chi connectivity index (χ4v) is 2.12.